The van der Waals surface area contributed by atoms with E-state index < -0.39 is 43.9 Å². The second kappa shape index (κ2) is 8.46. The molecule has 8 heteroatoms. The van der Waals surface area contributed by atoms with E-state index in [1.165, 1.54) is 0 Å². The molecule has 0 amide bonds. The van der Waals surface area contributed by atoms with Crippen molar-refractivity contribution < 1.29 is 30.3 Å². The highest BCUT2D eigenvalue weighted by Crippen LogP contribution is 2.20. The average Bonchev–Trinajstić information content (AvgIpc) is 2.43. The summed E-state index contributed by atoms with van der Waals surface area (Å²) < 4.78 is 5.17. The van der Waals surface area contributed by atoms with Gasteiger partial charge in [0.05, 0.1) is 63.6 Å². The lowest BCUT2D eigenvalue weighted by molar-refractivity contribution is -0.0890. The Bertz CT molecular complexity index is 220. The van der Waals surface area contributed by atoms with E-state index in [1.807, 2.05) is 0 Å². The Hall–Kier alpha value is -0.640. The van der Waals surface area contributed by atoms with Crippen LogP contribution in [0, 0.1) is 15.7 Å². The van der Waals surface area contributed by atoms with Crippen molar-refractivity contribution in [3.8, 4) is 0 Å². The topological polar surface area (TPSA) is 140 Å². The Kier molecular flexibility index (Phi) is 8.16. The van der Waals surface area contributed by atoms with E-state index in [1.54, 1.807) is 0 Å². The van der Waals surface area contributed by atoms with Crippen molar-refractivity contribution in [3.63, 3.8) is 0 Å². The molecule has 0 spiro atoms. The fourth-order valence-corrected chi connectivity index (χ4v) is 1.19. The highest BCUT2D eigenvalue weighted by Gasteiger charge is 2.33. The third kappa shape index (κ3) is 4.56. The van der Waals surface area contributed by atoms with E-state index in [2.05, 4.69) is 5.18 Å². The smallest absolute Gasteiger partial charge is 0.0933 e. The molecule has 0 aliphatic carbocycles. The van der Waals surface area contributed by atoms with Gasteiger partial charge in [-0.2, -0.15) is 4.91 Å². The van der Waals surface area contributed by atoms with Crippen LogP contribution in [-0.4, -0.2) is 78.3 Å². The van der Waals surface area contributed by atoms with Gasteiger partial charge < -0.3 is 30.3 Å². The van der Waals surface area contributed by atoms with E-state index in [9.17, 15) is 4.91 Å². The van der Waals surface area contributed by atoms with Gasteiger partial charge in [0, 0.05) is 0 Å². The molecule has 0 aromatic rings. The Morgan fingerprint density at radius 2 is 1.17 bits per heavy atom. The first-order chi connectivity index (χ1) is 8.57. The number of aliphatic hydroxyl groups is 5. The van der Waals surface area contributed by atoms with Gasteiger partial charge in [-0.3, -0.25) is 0 Å². The van der Waals surface area contributed by atoms with Gasteiger partial charge >= 0.3 is 0 Å². The van der Waals surface area contributed by atoms with Crippen LogP contribution >= 0.6 is 0 Å². The molecule has 0 saturated carbocycles. The van der Waals surface area contributed by atoms with Crippen LogP contribution in [0.15, 0.2) is 5.18 Å². The fourth-order valence-electron chi connectivity index (χ4n) is 1.19. The van der Waals surface area contributed by atoms with Crippen molar-refractivity contribution in [3.05, 3.63) is 4.91 Å². The molecular formula is C10H21NO7. The molecule has 0 heterocycles. The molecule has 0 aliphatic heterocycles. The standard InChI is InChI=1S/C10H21NO7/c12-2-9(3-13,1-11-17)7-18-8-10(4-14,5-15)6-16/h12-16H,1-8H2. The summed E-state index contributed by atoms with van der Waals surface area (Å²) in [7, 11) is 0. The molecule has 18 heavy (non-hydrogen) atoms. The molecule has 0 fully saturated rings. The van der Waals surface area contributed by atoms with Crippen molar-refractivity contribution in [2.45, 2.75) is 0 Å². The fraction of sp³-hybridized carbons (Fsp3) is 1.00. The van der Waals surface area contributed by atoms with Crippen LogP contribution in [0.2, 0.25) is 0 Å². The largest absolute Gasteiger partial charge is 0.396 e. The maximum atomic E-state index is 10.2. The van der Waals surface area contributed by atoms with Crippen LogP contribution < -0.4 is 0 Å². The third-order valence-electron chi connectivity index (χ3n) is 2.89. The first-order valence-electron chi connectivity index (χ1n) is 5.49. The van der Waals surface area contributed by atoms with Crippen molar-refractivity contribution in [2.24, 2.45) is 16.0 Å². The molecule has 0 aromatic carbocycles. The molecule has 0 radical (unpaired) electrons. The van der Waals surface area contributed by atoms with Crippen molar-refractivity contribution >= 4 is 0 Å². The van der Waals surface area contributed by atoms with Gasteiger partial charge in [-0.1, -0.05) is 5.18 Å². The number of nitrogens with zero attached hydrogens (tertiary/aromatic N) is 1. The zero-order valence-corrected chi connectivity index (χ0v) is 10.2. The van der Waals surface area contributed by atoms with Crippen LogP contribution in [0.1, 0.15) is 0 Å². The molecule has 0 saturated heterocycles. The van der Waals surface area contributed by atoms with Gasteiger partial charge in [0.2, 0.25) is 0 Å². The summed E-state index contributed by atoms with van der Waals surface area (Å²) in [5.74, 6) is 0. The van der Waals surface area contributed by atoms with Crippen molar-refractivity contribution in [1.82, 2.24) is 0 Å². The summed E-state index contributed by atoms with van der Waals surface area (Å²) in [5.41, 5.74) is -2.38. The molecule has 8 nitrogen and oxygen atoms in total. The Labute approximate surface area is 105 Å². The molecule has 0 atom stereocenters. The summed E-state index contributed by atoms with van der Waals surface area (Å²) in [6, 6.07) is 0. The molecule has 0 rings (SSSR count). The monoisotopic (exact) mass is 267 g/mol. The predicted octanol–water partition coefficient (Wildman–Crippen LogP) is -2.30. The lowest BCUT2D eigenvalue weighted by Gasteiger charge is -2.31. The van der Waals surface area contributed by atoms with E-state index in [0.717, 1.165) is 0 Å². The van der Waals surface area contributed by atoms with Gasteiger partial charge in [0.25, 0.3) is 0 Å². The maximum absolute atomic E-state index is 10.2. The summed E-state index contributed by atoms with van der Waals surface area (Å²) in [6.07, 6.45) is 0. The molecule has 0 aliphatic rings. The third-order valence-corrected chi connectivity index (χ3v) is 2.89. The highest BCUT2D eigenvalue weighted by molar-refractivity contribution is 4.82. The van der Waals surface area contributed by atoms with Gasteiger partial charge in [0.15, 0.2) is 0 Å². The highest BCUT2D eigenvalue weighted by atomic mass is 16.5. The van der Waals surface area contributed by atoms with Gasteiger partial charge in [-0.15, -0.1) is 0 Å². The van der Waals surface area contributed by atoms with Gasteiger partial charge in [-0.05, 0) is 0 Å². The molecule has 0 unspecified atom stereocenters. The van der Waals surface area contributed by atoms with Crippen LogP contribution in [-0.2, 0) is 4.74 Å². The van der Waals surface area contributed by atoms with Crippen LogP contribution in [0.3, 0.4) is 0 Å². The number of hydrogen-bond donors (Lipinski definition) is 5. The van der Waals surface area contributed by atoms with E-state index in [0.29, 0.717) is 0 Å². The average molecular weight is 267 g/mol. The van der Waals surface area contributed by atoms with Crippen molar-refractivity contribution in [1.29, 1.82) is 0 Å². The first kappa shape index (κ1) is 17.4. The lowest BCUT2D eigenvalue weighted by atomic mass is 9.90. The van der Waals surface area contributed by atoms with E-state index >= 15 is 0 Å². The minimum Gasteiger partial charge on any atom is -0.396 e. The van der Waals surface area contributed by atoms with Crippen LogP contribution in [0.25, 0.3) is 0 Å². The zero-order valence-electron chi connectivity index (χ0n) is 10.2. The molecule has 0 aromatic heterocycles. The SMILES string of the molecule is O=NCC(CO)(CO)COCC(CO)(CO)CO. The van der Waals surface area contributed by atoms with Crippen LogP contribution in [0.5, 0.6) is 0 Å². The van der Waals surface area contributed by atoms with Crippen molar-refractivity contribution in [2.75, 3.05) is 52.8 Å². The predicted molar refractivity (Wildman–Crippen MR) is 61.8 cm³/mol. The van der Waals surface area contributed by atoms with Gasteiger partial charge in [0.1, 0.15) is 0 Å². The van der Waals surface area contributed by atoms with E-state index in [4.69, 9.17) is 30.3 Å². The molecule has 5 N–H and O–H groups in total. The lowest BCUT2D eigenvalue weighted by Crippen LogP contribution is -2.43. The quantitative estimate of drug-likeness (QED) is 0.265. The summed E-state index contributed by atoms with van der Waals surface area (Å²) in [6.45, 7) is -3.06. The molecule has 0 bridgehead atoms. The zero-order chi connectivity index (χ0) is 14.1. The Balaban J connectivity index is 4.40. The summed E-state index contributed by atoms with van der Waals surface area (Å²) in [5, 5.41) is 48.0. The maximum Gasteiger partial charge on any atom is 0.0933 e. The van der Waals surface area contributed by atoms with Crippen LogP contribution in [0.4, 0.5) is 0 Å². The summed E-state index contributed by atoms with van der Waals surface area (Å²) >= 11 is 0. The number of aliphatic hydroxyl groups excluding tert-OH is 5. The molecule has 108 valence electrons. The normalized spacial score (nSPS) is 12.7. The van der Waals surface area contributed by atoms with Gasteiger partial charge in [-0.25, -0.2) is 0 Å². The number of rotatable bonds is 11. The summed E-state index contributed by atoms with van der Waals surface area (Å²) in [4.78, 5) is 10.2. The van der Waals surface area contributed by atoms with E-state index in [-0.39, 0.29) is 19.8 Å². The number of ether oxygens (including phenoxy) is 1. The second-order valence-electron chi connectivity index (χ2n) is 4.57. The second-order valence-corrected chi connectivity index (χ2v) is 4.57. The number of hydrogen-bond acceptors (Lipinski definition) is 8. The molecular weight excluding hydrogens is 246 g/mol. The number of nitroso groups, excluding NO2 is 1. The minimum absolute atomic E-state index is 0.170. The Morgan fingerprint density at radius 1 is 0.778 bits per heavy atom. The minimum atomic E-state index is -1.19. The Morgan fingerprint density at radius 3 is 1.50 bits per heavy atom. The first-order valence-corrected chi connectivity index (χ1v) is 5.49.